The summed E-state index contributed by atoms with van der Waals surface area (Å²) in [5.41, 5.74) is 1.15. The SMILES string of the molecule is CNCc1ccc(NC(=O)OC(C)(C)C)c(OC)c1. The Kier molecular flexibility index (Phi) is 5.18. The molecule has 19 heavy (non-hydrogen) atoms. The van der Waals surface area contributed by atoms with Crippen molar-refractivity contribution in [2.45, 2.75) is 32.9 Å². The van der Waals surface area contributed by atoms with Gasteiger partial charge in [0.1, 0.15) is 11.4 Å². The van der Waals surface area contributed by atoms with E-state index in [1.807, 2.05) is 40.0 Å². The lowest BCUT2D eigenvalue weighted by molar-refractivity contribution is 0.0635. The second-order valence-corrected chi connectivity index (χ2v) is 5.19. The molecular weight excluding hydrogens is 244 g/mol. The summed E-state index contributed by atoms with van der Waals surface area (Å²) in [4.78, 5) is 11.7. The Morgan fingerprint density at radius 2 is 2.00 bits per heavy atom. The molecule has 0 heterocycles. The third-order valence-corrected chi connectivity index (χ3v) is 2.28. The number of hydrogen-bond acceptors (Lipinski definition) is 4. The molecule has 5 heteroatoms. The fourth-order valence-electron chi connectivity index (χ4n) is 1.57. The van der Waals surface area contributed by atoms with Gasteiger partial charge in [-0.2, -0.15) is 0 Å². The number of amides is 1. The van der Waals surface area contributed by atoms with Gasteiger partial charge in [-0.3, -0.25) is 5.32 Å². The predicted molar refractivity (Wildman–Crippen MR) is 75.6 cm³/mol. The number of rotatable bonds is 4. The van der Waals surface area contributed by atoms with Gasteiger partial charge in [-0.15, -0.1) is 0 Å². The molecule has 1 amide bonds. The third kappa shape index (κ3) is 5.18. The van der Waals surface area contributed by atoms with Crippen molar-refractivity contribution in [3.8, 4) is 5.75 Å². The highest BCUT2D eigenvalue weighted by molar-refractivity contribution is 5.87. The van der Waals surface area contributed by atoms with Gasteiger partial charge in [-0.1, -0.05) is 6.07 Å². The Hall–Kier alpha value is -1.75. The first-order chi connectivity index (χ1) is 8.85. The molecule has 1 aromatic rings. The maximum Gasteiger partial charge on any atom is 0.412 e. The first-order valence-corrected chi connectivity index (χ1v) is 6.17. The smallest absolute Gasteiger partial charge is 0.412 e. The summed E-state index contributed by atoms with van der Waals surface area (Å²) in [7, 11) is 3.44. The average molecular weight is 266 g/mol. The van der Waals surface area contributed by atoms with Crippen molar-refractivity contribution >= 4 is 11.8 Å². The molecule has 0 aliphatic heterocycles. The van der Waals surface area contributed by atoms with E-state index in [9.17, 15) is 4.79 Å². The van der Waals surface area contributed by atoms with E-state index < -0.39 is 11.7 Å². The van der Waals surface area contributed by atoms with E-state index in [1.165, 1.54) is 0 Å². The van der Waals surface area contributed by atoms with Crippen LogP contribution < -0.4 is 15.4 Å². The van der Waals surface area contributed by atoms with Gasteiger partial charge in [-0.25, -0.2) is 4.79 Å². The van der Waals surface area contributed by atoms with Gasteiger partial charge in [-0.05, 0) is 45.5 Å². The third-order valence-electron chi connectivity index (χ3n) is 2.28. The molecule has 2 N–H and O–H groups in total. The molecule has 0 unspecified atom stereocenters. The number of methoxy groups -OCH3 is 1. The van der Waals surface area contributed by atoms with E-state index in [4.69, 9.17) is 9.47 Å². The van der Waals surface area contributed by atoms with Gasteiger partial charge >= 0.3 is 6.09 Å². The van der Waals surface area contributed by atoms with Crippen LogP contribution in [0.25, 0.3) is 0 Å². The maximum atomic E-state index is 11.7. The number of anilines is 1. The summed E-state index contributed by atoms with van der Waals surface area (Å²) in [6.07, 6.45) is -0.493. The van der Waals surface area contributed by atoms with Gasteiger partial charge in [0.25, 0.3) is 0 Å². The number of hydrogen-bond donors (Lipinski definition) is 2. The van der Waals surface area contributed by atoms with Crippen LogP contribution in [0.15, 0.2) is 18.2 Å². The molecule has 0 bridgehead atoms. The summed E-state index contributed by atoms with van der Waals surface area (Å²) < 4.78 is 10.5. The van der Waals surface area contributed by atoms with Crippen LogP contribution in [0.3, 0.4) is 0 Å². The normalized spacial score (nSPS) is 11.0. The van der Waals surface area contributed by atoms with E-state index >= 15 is 0 Å². The van der Waals surface area contributed by atoms with E-state index in [1.54, 1.807) is 13.2 Å². The van der Waals surface area contributed by atoms with Crippen LogP contribution in [0.5, 0.6) is 5.75 Å². The molecule has 0 aromatic heterocycles. The van der Waals surface area contributed by atoms with Crippen LogP contribution in [-0.4, -0.2) is 25.9 Å². The number of carbonyl (C=O) groups is 1. The highest BCUT2D eigenvalue weighted by Crippen LogP contribution is 2.26. The van der Waals surface area contributed by atoms with Crippen molar-refractivity contribution in [2.24, 2.45) is 0 Å². The van der Waals surface area contributed by atoms with Crippen LogP contribution >= 0.6 is 0 Å². The molecular formula is C14H22N2O3. The lowest BCUT2D eigenvalue weighted by Gasteiger charge is -2.20. The molecule has 0 fully saturated rings. The zero-order chi connectivity index (χ0) is 14.5. The van der Waals surface area contributed by atoms with Gasteiger partial charge in [0.2, 0.25) is 0 Å². The van der Waals surface area contributed by atoms with Crippen LogP contribution in [0, 0.1) is 0 Å². The van der Waals surface area contributed by atoms with Gasteiger partial charge in [0, 0.05) is 6.54 Å². The number of ether oxygens (including phenoxy) is 2. The lowest BCUT2D eigenvalue weighted by Crippen LogP contribution is -2.27. The minimum Gasteiger partial charge on any atom is -0.495 e. The molecule has 106 valence electrons. The quantitative estimate of drug-likeness (QED) is 0.879. The average Bonchev–Trinajstić information content (AvgIpc) is 2.29. The summed E-state index contributed by atoms with van der Waals surface area (Å²) in [5, 5.41) is 5.74. The van der Waals surface area contributed by atoms with E-state index in [2.05, 4.69) is 10.6 Å². The summed E-state index contributed by atoms with van der Waals surface area (Å²) in [5.74, 6) is 0.610. The molecule has 0 saturated heterocycles. The van der Waals surface area contributed by atoms with Crippen molar-refractivity contribution < 1.29 is 14.3 Å². The van der Waals surface area contributed by atoms with Crippen molar-refractivity contribution in [1.82, 2.24) is 5.32 Å². The number of benzene rings is 1. The Morgan fingerprint density at radius 3 is 2.53 bits per heavy atom. The highest BCUT2D eigenvalue weighted by atomic mass is 16.6. The van der Waals surface area contributed by atoms with Crippen LogP contribution in [0.4, 0.5) is 10.5 Å². The van der Waals surface area contributed by atoms with E-state index in [-0.39, 0.29) is 0 Å². The zero-order valence-corrected chi connectivity index (χ0v) is 12.2. The summed E-state index contributed by atoms with van der Waals surface area (Å²) in [6, 6.07) is 5.60. The second kappa shape index (κ2) is 6.43. The number of carbonyl (C=O) groups excluding carboxylic acids is 1. The van der Waals surface area contributed by atoms with Crippen molar-refractivity contribution in [3.63, 3.8) is 0 Å². The van der Waals surface area contributed by atoms with Crippen LogP contribution in [0.1, 0.15) is 26.3 Å². The molecule has 0 radical (unpaired) electrons. The fraction of sp³-hybridized carbons (Fsp3) is 0.500. The van der Waals surface area contributed by atoms with Gasteiger partial charge in [0.15, 0.2) is 0 Å². The Balaban J connectivity index is 2.80. The summed E-state index contributed by atoms with van der Waals surface area (Å²) >= 11 is 0. The molecule has 1 aromatic carbocycles. The van der Waals surface area contributed by atoms with Crippen molar-refractivity contribution in [3.05, 3.63) is 23.8 Å². The monoisotopic (exact) mass is 266 g/mol. The van der Waals surface area contributed by atoms with Crippen LogP contribution in [-0.2, 0) is 11.3 Å². The lowest BCUT2D eigenvalue weighted by atomic mass is 10.2. The van der Waals surface area contributed by atoms with E-state index in [0.717, 1.165) is 12.1 Å². The van der Waals surface area contributed by atoms with Gasteiger partial charge in [0.05, 0.1) is 12.8 Å². The fourth-order valence-corrected chi connectivity index (χ4v) is 1.57. The van der Waals surface area contributed by atoms with E-state index in [0.29, 0.717) is 11.4 Å². The molecule has 0 aliphatic rings. The Morgan fingerprint density at radius 1 is 1.32 bits per heavy atom. The van der Waals surface area contributed by atoms with Gasteiger partial charge < -0.3 is 14.8 Å². The number of nitrogens with one attached hydrogen (secondary N) is 2. The molecule has 0 aliphatic carbocycles. The highest BCUT2D eigenvalue weighted by Gasteiger charge is 2.17. The first kappa shape index (κ1) is 15.3. The molecule has 0 saturated carbocycles. The Bertz CT molecular complexity index is 439. The first-order valence-electron chi connectivity index (χ1n) is 6.17. The standard InChI is InChI=1S/C14H22N2O3/c1-14(2,3)19-13(17)16-11-7-6-10(9-15-4)8-12(11)18-5/h6-8,15H,9H2,1-5H3,(H,16,17). The largest absolute Gasteiger partial charge is 0.495 e. The minimum absolute atomic E-state index is 0.493. The maximum absolute atomic E-state index is 11.7. The minimum atomic E-state index is -0.524. The zero-order valence-electron chi connectivity index (χ0n) is 12.2. The second-order valence-electron chi connectivity index (χ2n) is 5.19. The Labute approximate surface area is 114 Å². The van der Waals surface area contributed by atoms with Crippen molar-refractivity contribution in [2.75, 3.05) is 19.5 Å². The molecule has 1 rings (SSSR count). The van der Waals surface area contributed by atoms with Crippen molar-refractivity contribution in [1.29, 1.82) is 0 Å². The topological polar surface area (TPSA) is 59.6 Å². The molecule has 0 atom stereocenters. The predicted octanol–water partition coefficient (Wildman–Crippen LogP) is 2.76. The van der Waals surface area contributed by atoms with Crippen LogP contribution in [0.2, 0.25) is 0 Å². The molecule has 5 nitrogen and oxygen atoms in total. The summed E-state index contributed by atoms with van der Waals surface area (Å²) in [6.45, 7) is 6.20. The molecule has 0 spiro atoms.